The summed E-state index contributed by atoms with van der Waals surface area (Å²) in [4.78, 5) is 16.5. The molecule has 0 saturated heterocycles. The summed E-state index contributed by atoms with van der Waals surface area (Å²) in [5, 5.41) is 0.113. The molecule has 1 aliphatic rings. The number of thioether (sulfide) groups is 1. The van der Waals surface area contributed by atoms with Crippen LogP contribution in [0.3, 0.4) is 0 Å². The Hall–Kier alpha value is -2.15. The van der Waals surface area contributed by atoms with Crippen molar-refractivity contribution >= 4 is 22.9 Å². The lowest BCUT2D eigenvalue weighted by atomic mass is 10.0. The first-order valence-electron chi connectivity index (χ1n) is 7.12. The van der Waals surface area contributed by atoms with Crippen LogP contribution in [-0.2, 0) is 9.53 Å². The van der Waals surface area contributed by atoms with Gasteiger partial charge in [-0.1, -0.05) is 17.8 Å². The summed E-state index contributed by atoms with van der Waals surface area (Å²) in [6.45, 7) is 3.83. The zero-order valence-corrected chi connectivity index (χ0v) is 14.4. The molecule has 23 heavy (non-hydrogen) atoms. The van der Waals surface area contributed by atoms with Crippen molar-refractivity contribution in [2.45, 2.75) is 19.1 Å². The van der Waals surface area contributed by atoms with Crippen LogP contribution in [0.2, 0.25) is 0 Å². The van der Waals surface area contributed by atoms with Crippen LogP contribution >= 0.6 is 11.8 Å². The van der Waals surface area contributed by atoms with Gasteiger partial charge in [0.1, 0.15) is 0 Å². The number of hydrogen-bond donors (Lipinski definition) is 1. The molecule has 1 heterocycles. The Kier molecular flexibility index (Phi) is 5.54. The Balaban J connectivity index is 2.48. The largest absolute Gasteiger partial charge is 0.493 e. The fraction of sp³-hybridized carbons (Fsp3) is 0.375. The van der Waals surface area contributed by atoms with Crippen LogP contribution in [0.5, 0.6) is 11.5 Å². The van der Waals surface area contributed by atoms with E-state index in [1.807, 2.05) is 12.1 Å². The lowest BCUT2D eigenvalue weighted by Crippen LogP contribution is -2.22. The van der Waals surface area contributed by atoms with Gasteiger partial charge >= 0.3 is 5.97 Å². The molecule has 0 bridgehead atoms. The minimum atomic E-state index is -0.381. The van der Waals surface area contributed by atoms with E-state index in [2.05, 4.69) is 4.99 Å². The molecule has 0 aromatic heterocycles. The standard InChI is InChI=1S/C16H20N2O4S/c1-5-22-15(19)13-9(2)18-16(17)23-14(13)10-6-7-11(20-3)12(8-10)21-4/h6-8,14H,5H2,1-4H3,(H2,17,18). The normalized spacial score (nSPS) is 17.6. The third-order valence-electron chi connectivity index (χ3n) is 3.37. The average molecular weight is 336 g/mol. The molecular weight excluding hydrogens is 316 g/mol. The SMILES string of the molecule is CCOC(=O)C1=C(C)N=C(N)SC1c1ccc(OC)c(OC)c1. The van der Waals surface area contributed by atoms with E-state index < -0.39 is 0 Å². The van der Waals surface area contributed by atoms with E-state index in [1.165, 1.54) is 11.8 Å². The monoisotopic (exact) mass is 336 g/mol. The molecular formula is C16H20N2O4S. The second-order valence-electron chi connectivity index (χ2n) is 4.78. The van der Waals surface area contributed by atoms with Gasteiger partial charge in [-0.15, -0.1) is 0 Å². The highest BCUT2D eigenvalue weighted by atomic mass is 32.2. The van der Waals surface area contributed by atoms with E-state index in [9.17, 15) is 4.79 Å². The van der Waals surface area contributed by atoms with Crippen LogP contribution in [-0.4, -0.2) is 32.0 Å². The van der Waals surface area contributed by atoms with Crippen molar-refractivity contribution in [2.24, 2.45) is 10.7 Å². The van der Waals surface area contributed by atoms with Crippen molar-refractivity contribution in [1.82, 2.24) is 0 Å². The number of benzene rings is 1. The Morgan fingerprint density at radius 1 is 1.30 bits per heavy atom. The highest BCUT2D eigenvalue weighted by Crippen LogP contribution is 2.43. The van der Waals surface area contributed by atoms with Gasteiger partial charge in [0.2, 0.25) is 0 Å². The number of carbonyl (C=O) groups is 1. The van der Waals surface area contributed by atoms with Gasteiger partial charge in [-0.2, -0.15) is 0 Å². The molecule has 6 nitrogen and oxygen atoms in total. The maximum Gasteiger partial charge on any atom is 0.337 e. The smallest absolute Gasteiger partial charge is 0.337 e. The van der Waals surface area contributed by atoms with Crippen molar-refractivity contribution in [3.05, 3.63) is 35.0 Å². The van der Waals surface area contributed by atoms with Gasteiger partial charge in [-0.05, 0) is 31.5 Å². The predicted molar refractivity (Wildman–Crippen MR) is 90.8 cm³/mol. The fourth-order valence-electron chi connectivity index (χ4n) is 2.34. The zero-order chi connectivity index (χ0) is 17.0. The van der Waals surface area contributed by atoms with Crippen LogP contribution in [0.4, 0.5) is 0 Å². The Bertz CT molecular complexity index is 670. The van der Waals surface area contributed by atoms with E-state index >= 15 is 0 Å². The van der Waals surface area contributed by atoms with Gasteiger partial charge in [0.15, 0.2) is 16.7 Å². The van der Waals surface area contributed by atoms with Crippen LogP contribution in [0.25, 0.3) is 0 Å². The minimum Gasteiger partial charge on any atom is -0.493 e. The number of esters is 1. The molecule has 0 radical (unpaired) electrons. The predicted octanol–water partition coefficient (Wildman–Crippen LogP) is 2.64. The number of nitrogens with two attached hydrogens (primary N) is 1. The summed E-state index contributed by atoms with van der Waals surface area (Å²) in [5.41, 5.74) is 7.82. The molecule has 7 heteroatoms. The van der Waals surface area contributed by atoms with Crippen molar-refractivity contribution in [3.8, 4) is 11.5 Å². The maximum absolute atomic E-state index is 12.3. The van der Waals surface area contributed by atoms with Crippen LogP contribution in [0.1, 0.15) is 24.7 Å². The van der Waals surface area contributed by atoms with Crippen LogP contribution in [0.15, 0.2) is 34.5 Å². The summed E-state index contributed by atoms with van der Waals surface area (Å²) < 4.78 is 15.8. The van der Waals surface area contributed by atoms with Crippen molar-refractivity contribution in [2.75, 3.05) is 20.8 Å². The second-order valence-corrected chi connectivity index (χ2v) is 5.91. The van der Waals surface area contributed by atoms with Crippen molar-refractivity contribution in [3.63, 3.8) is 0 Å². The molecule has 0 amide bonds. The van der Waals surface area contributed by atoms with E-state index in [0.717, 1.165) is 5.56 Å². The Morgan fingerprint density at radius 3 is 2.61 bits per heavy atom. The molecule has 2 rings (SSSR count). The minimum absolute atomic E-state index is 0.300. The molecule has 1 aliphatic heterocycles. The highest BCUT2D eigenvalue weighted by Gasteiger charge is 2.31. The van der Waals surface area contributed by atoms with Gasteiger partial charge in [0.25, 0.3) is 0 Å². The van der Waals surface area contributed by atoms with Gasteiger partial charge in [0.05, 0.1) is 37.3 Å². The lowest BCUT2D eigenvalue weighted by molar-refractivity contribution is -0.138. The summed E-state index contributed by atoms with van der Waals surface area (Å²) in [7, 11) is 3.14. The number of nitrogens with zero attached hydrogens (tertiary/aromatic N) is 1. The summed E-state index contributed by atoms with van der Waals surface area (Å²) >= 11 is 1.31. The van der Waals surface area contributed by atoms with Gasteiger partial charge in [-0.25, -0.2) is 9.79 Å². The summed E-state index contributed by atoms with van der Waals surface area (Å²) in [5.74, 6) is 0.832. The maximum atomic E-state index is 12.3. The van der Waals surface area contributed by atoms with E-state index in [0.29, 0.717) is 34.5 Å². The molecule has 0 fully saturated rings. The van der Waals surface area contributed by atoms with Crippen LogP contribution < -0.4 is 15.2 Å². The fourth-order valence-corrected chi connectivity index (χ4v) is 3.43. The topological polar surface area (TPSA) is 83.1 Å². The number of allylic oxidation sites excluding steroid dienone is 1. The van der Waals surface area contributed by atoms with Crippen molar-refractivity contribution in [1.29, 1.82) is 0 Å². The summed E-state index contributed by atoms with van der Waals surface area (Å²) in [6, 6.07) is 5.51. The quantitative estimate of drug-likeness (QED) is 0.832. The van der Waals surface area contributed by atoms with Gasteiger partial charge in [-0.3, -0.25) is 0 Å². The molecule has 0 spiro atoms. The van der Waals surface area contributed by atoms with E-state index in [4.69, 9.17) is 19.9 Å². The van der Waals surface area contributed by atoms with Gasteiger partial charge in [0, 0.05) is 0 Å². The number of hydrogen-bond acceptors (Lipinski definition) is 7. The zero-order valence-electron chi connectivity index (χ0n) is 13.6. The number of ether oxygens (including phenoxy) is 3. The van der Waals surface area contributed by atoms with E-state index in [1.54, 1.807) is 34.1 Å². The molecule has 1 unspecified atom stereocenters. The number of rotatable bonds is 5. The molecule has 124 valence electrons. The molecule has 0 saturated carbocycles. The Labute approximate surface area is 139 Å². The number of methoxy groups -OCH3 is 2. The lowest BCUT2D eigenvalue weighted by Gasteiger charge is -2.24. The van der Waals surface area contributed by atoms with E-state index in [-0.39, 0.29) is 11.2 Å². The Morgan fingerprint density at radius 2 is 2.00 bits per heavy atom. The highest BCUT2D eigenvalue weighted by molar-refractivity contribution is 8.14. The van der Waals surface area contributed by atoms with Crippen LogP contribution in [0, 0.1) is 0 Å². The first-order valence-corrected chi connectivity index (χ1v) is 8.00. The van der Waals surface area contributed by atoms with Crippen molar-refractivity contribution < 1.29 is 19.0 Å². The molecule has 2 N–H and O–H groups in total. The second kappa shape index (κ2) is 7.41. The summed E-state index contributed by atoms with van der Waals surface area (Å²) in [6.07, 6.45) is 0. The molecule has 1 atom stereocenters. The molecule has 0 aliphatic carbocycles. The van der Waals surface area contributed by atoms with Gasteiger partial charge < -0.3 is 19.9 Å². The number of amidine groups is 1. The number of aliphatic imine (C=N–C) groups is 1. The first-order chi connectivity index (χ1) is 11.0. The number of carbonyl (C=O) groups excluding carboxylic acids is 1. The molecule has 1 aromatic rings. The average Bonchev–Trinajstić information content (AvgIpc) is 2.53. The third kappa shape index (κ3) is 3.61. The first kappa shape index (κ1) is 17.2. The third-order valence-corrected chi connectivity index (χ3v) is 4.45. The molecule has 1 aromatic carbocycles.